The summed E-state index contributed by atoms with van der Waals surface area (Å²) in [5.41, 5.74) is 4.48. The molecular weight excluding hydrogens is 296 g/mol. The minimum absolute atomic E-state index is 0.189. The molecule has 0 unspecified atom stereocenters. The van der Waals surface area contributed by atoms with Crippen molar-refractivity contribution in [3.63, 3.8) is 0 Å². The summed E-state index contributed by atoms with van der Waals surface area (Å²) in [6.45, 7) is 0. The standard InChI is InChI=1S/C12H11BrN4O/c13-10-7-15-6-5-11(10)16-12(18)8-1-3-9(17-14)4-2-8/h1-7,17H,14H2,(H,15,16,18). The molecule has 0 aliphatic heterocycles. The zero-order valence-electron chi connectivity index (χ0n) is 9.35. The van der Waals surface area contributed by atoms with Gasteiger partial charge in [-0.2, -0.15) is 0 Å². The summed E-state index contributed by atoms with van der Waals surface area (Å²) in [7, 11) is 0. The van der Waals surface area contributed by atoms with Crippen LogP contribution in [0.1, 0.15) is 10.4 Å². The smallest absolute Gasteiger partial charge is 0.255 e. The molecule has 1 amide bonds. The quantitative estimate of drug-likeness (QED) is 0.601. The molecule has 1 aromatic carbocycles. The molecule has 2 aromatic rings. The molecule has 1 heterocycles. The van der Waals surface area contributed by atoms with Crippen LogP contribution < -0.4 is 16.6 Å². The van der Waals surface area contributed by atoms with Gasteiger partial charge in [-0.1, -0.05) is 0 Å². The third-order valence-electron chi connectivity index (χ3n) is 2.33. The molecule has 2 rings (SSSR count). The zero-order chi connectivity index (χ0) is 13.0. The summed E-state index contributed by atoms with van der Waals surface area (Å²) in [6, 6.07) is 8.57. The number of carbonyl (C=O) groups excluding carboxylic acids is 1. The second-order valence-electron chi connectivity index (χ2n) is 3.53. The van der Waals surface area contributed by atoms with Crippen molar-refractivity contribution in [2.75, 3.05) is 10.7 Å². The highest BCUT2D eigenvalue weighted by Crippen LogP contribution is 2.20. The minimum atomic E-state index is -0.189. The number of nitrogens with zero attached hydrogens (tertiary/aromatic N) is 1. The van der Waals surface area contributed by atoms with Crippen molar-refractivity contribution < 1.29 is 4.79 Å². The lowest BCUT2D eigenvalue weighted by Crippen LogP contribution is -2.13. The molecule has 0 bridgehead atoms. The molecule has 0 spiro atoms. The molecule has 0 atom stereocenters. The van der Waals surface area contributed by atoms with Gasteiger partial charge in [0.1, 0.15) is 0 Å². The van der Waals surface area contributed by atoms with E-state index in [1.807, 2.05) is 0 Å². The van der Waals surface area contributed by atoms with Gasteiger partial charge in [-0.25, -0.2) is 0 Å². The molecule has 0 saturated heterocycles. The Morgan fingerprint density at radius 2 is 1.94 bits per heavy atom. The lowest BCUT2D eigenvalue weighted by Gasteiger charge is -2.07. The maximum atomic E-state index is 12.0. The second-order valence-corrected chi connectivity index (χ2v) is 4.39. The molecule has 4 N–H and O–H groups in total. The summed E-state index contributed by atoms with van der Waals surface area (Å²) in [5.74, 6) is 5.07. The fourth-order valence-corrected chi connectivity index (χ4v) is 1.74. The van der Waals surface area contributed by atoms with Crippen molar-refractivity contribution in [1.82, 2.24) is 4.98 Å². The number of halogens is 1. The number of benzene rings is 1. The Morgan fingerprint density at radius 1 is 1.22 bits per heavy atom. The van der Waals surface area contributed by atoms with E-state index in [9.17, 15) is 4.79 Å². The molecule has 92 valence electrons. The van der Waals surface area contributed by atoms with Crippen LogP contribution in [0.4, 0.5) is 11.4 Å². The molecule has 0 saturated carbocycles. The van der Waals surface area contributed by atoms with Crippen LogP contribution in [0, 0.1) is 0 Å². The SMILES string of the molecule is NNc1ccc(C(=O)Nc2ccncc2Br)cc1. The number of hydrogen-bond acceptors (Lipinski definition) is 4. The van der Waals surface area contributed by atoms with Crippen molar-refractivity contribution in [2.45, 2.75) is 0 Å². The van der Waals surface area contributed by atoms with Gasteiger partial charge in [-0.05, 0) is 46.3 Å². The number of anilines is 2. The van der Waals surface area contributed by atoms with Crippen LogP contribution in [0.25, 0.3) is 0 Å². The fraction of sp³-hybridized carbons (Fsp3) is 0. The molecule has 1 aromatic heterocycles. The largest absolute Gasteiger partial charge is 0.324 e. The number of hydrogen-bond donors (Lipinski definition) is 3. The normalized spacial score (nSPS) is 9.89. The van der Waals surface area contributed by atoms with Gasteiger partial charge in [0, 0.05) is 23.6 Å². The number of nitrogens with one attached hydrogen (secondary N) is 2. The lowest BCUT2D eigenvalue weighted by molar-refractivity contribution is 0.102. The highest BCUT2D eigenvalue weighted by atomic mass is 79.9. The number of pyridine rings is 1. The number of carbonyl (C=O) groups is 1. The molecule has 0 fully saturated rings. The molecule has 5 nitrogen and oxygen atoms in total. The molecule has 0 aliphatic carbocycles. The van der Waals surface area contributed by atoms with Crippen molar-refractivity contribution in [3.05, 3.63) is 52.8 Å². The summed E-state index contributed by atoms with van der Waals surface area (Å²) in [4.78, 5) is 15.9. The van der Waals surface area contributed by atoms with Gasteiger partial charge in [0.05, 0.1) is 10.2 Å². The van der Waals surface area contributed by atoms with Crippen LogP contribution >= 0.6 is 15.9 Å². The lowest BCUT2D eigenvalue weighted by atomic mass is 10.2. The van der Waals surface area contributed by atoms with Crippen LogP contribution in [-0.4, -0.2) is 10.9 Å². The number of nitrogens with two attached hydrogens (primary N) is 1. The van der Waals surface area contributed by atoms with Crippen molar-refractivity contribution in [2.24, 2.45) is 5.84 Å². The first kappa shape index (κ1) is 12.5. The molecule has 6 heteroatoms. The topological polar surface area (TPSA) is 80.0 Å². The minimum Gasteiger partial charge on any atom is -0.324 e. The van der Waals surface area contributed by atoms with E-state index >= 15 is 0 Å². The monoisotopic (exact) mass is 306 g/mol. The maximum Gasteiger partial charge on any atom is 0.255 e. The molecule has 0 radical (unpaired) electrons. The fourth-order valence-electron chi connectivity index (χ4n) is 1.39. The second kappa shape index (κ2) is 5.61. The zero-order valence-corrected chi connectivity index (χ0v) is 10.9. The van der Waals surface area contributed by atoms with Gasteiger partial charge < -0.3 is 10.7 Å². The maximum absolute atomic E-state index is 12.0. The molecular formula is C12H11BrN4O. The summed E-state index contributed by atoms with van der Waals surface area (Å²) in [6.07, 6.45) is 3.23. The number of rotatable bonds is 3. The van der Waals surface area contributed by atoms with Gasteiger partial charge in [0.25, 0.3) is 5.91 Å². The summed E-state index contributed by atoms with van der Waals surface area (Å²) < 4.78 is 0.735. The Balaban J connectivity index is 2.14. The van der Waals surface area contributed by atoms with Crippen LogP contribution in [0.5, 0.6) is 0 Å². The average Bonchev–Trinajstić information content (AvgIpc) is 2.41. The van der Waals surface area contributed by atoms with Gasteiger partial charge in [-0.15, -0.1) is 0 Å². The summed E-state index contributed by atoms with van der Waals surface area (Å²) >= 11 is 3.32. The van der Waals surface area contributed by atoms with Crippen molar-refractivity contribution >= 4 is 33.2 Å². The Labute approximate surface area is 113 Å². The third kappa shape index (κ3) is 2.85. The first-order valence-electron chi connectivity index (χ1n) is 5.18. The van der Waals surface area contributed by atoms with Crippen molar-refractivity contribution in [1.29, 1.82) is 0 Å². The number of aromatic nitrogens is 1. The molecule has 18 heavy (non-hydrogen) atoms. The van der Waals surface area contributed by atoms with E-state index in [0.717, 1.165) is 10.2 Å². The predicted molar refractivity (Wildman–Crippen MR) is 74.1 cm³/mol. The van der Waals surface area contributed by atoms with Crippen molar-refractivity contribution in [3.8, 4) is 0 Å². The van der Waals surface area contributed by atoms with E-state index in [1.165, 1.54) is 0 Å². The van der Waals surface area contributed by atoms with E-state index in [2.05, 4.69) is 31.7 Å². The van der Waals surface area contributed by atoms with Crippen LogP contribution in [0.2, 0.25) is 0 Å². The number of hydrazine groups is 1. The Bertz CT molecular complexity index is 556. The Hall–Kier alpha value is -1.92. The van der Waals surface area contributed by atoms with E-state index in [4.69, 9.17) is 5.84 Å². The van der Waals surface area contributed by atoms with Gasteiger partial charge in [0.2, 0.25) is 0 Å². The van der Waals surface area contributed by atoms with Crippen LogP contribution in [0.15, 0.2) is 47.2 Å². The number of nitrogen functional groups attached to an aromatic ring is 1. The Morgan fingerprint density at radius 3 is 2.56 bits per heavy atom. The van der Waals surface area contributed by atoms with Gasteiger partial charge in [-0.3, -0.25) is 15.6 Å². The van der Waals surface area contributed by atoms with Gasteiger partial charge >= 0.3 is 0 Å². The van der Waals surface area contributed by atoms with E-state index in [-0.39, 0.29) is 5.91 Å². The summed E-state index contributed by atoms with van der Waals surface area (Å²) in [5, 5.41) is 2.79. The highest BCUT2D eigenvalue weighted by Gasteiger charge is 2.07. The van der Waals surface area contributed by atoms with Crippen LogP contribution in [-0.2, 0) is 0 Å². The van der Waals surface area contributed by atoms with Crippen LogP contribution in [0.3, 0.4) is 0 Å². The highest BCUT2D eigenvalue weighted by molar-refractivity contribution is 9.10. The first-order valence-corrected chi connectivity index (χ1v) is 5.97. The molecule has 0 aliphatic rings. The number of amides is 1. The van der Waals surface area contributed by atoms with E-state index in [1.54, 1.807) is 42.7 Å². The third-order valence-corrected chi connectivity index (χ3v) is 2.97. The van der Waals surface area contributed by atoms with E-state index < -0.39 is 0 Å². The first-order chi connectivity index (χ1) is 8.70. The van der Waals surface area contributed by atoms with Gasteiger partial charge in [0.15, 0.2) is 0 Å². The van der Waals surface area contributed by atoms with E-state index in [0.29, 0.717) is 11.3 Å². The average molecular weight is 307 g/mol. The predicted octanol–water partition coefficient (Wildman–Crippen LogP) is 2.38. The Kier molecular flexibility index (Phi) is 3.91.